The van der Waals surface area contributed by atoms with Crippen molar-refractivity contribution in [2.45, 2.75) is 24.8 Å². The van der Waals surface area contributed by atoms with E-state index in [1.807, 2.05) is 0 Å². The van der Waals surface area contributed by atoms with Crippen LogP contribution in [0.3, 0.4) is 0 Å². The van der Waals surface area contributed by atoms with E-state index in [0.717, 1.165) is 19.3 Å². The first-order chi connectivity index (χ1) is 11.5. The number of H-pyrrole nitrogens is 1. The number of nitrogens with zero attached hydrogens (tertiary/aromatic N) is 3. The van der Waals surface area contributed by atoms with Crippen LogP contribution in [0.4, 0.5) is 5.69 Å². The predicted molar refractivity (Wildman–Crippen MR) is 84.2 cm³/mol. The minimum Gasteiger partial charge on any atom is -0.334 e. The summed E-state index contributed by atoms with van der Waals surface area (Å²) in [6, 6.07) is 5.45. The fraction of sp³-hybridized carbons (Fsp3) is 0.267. The molecule has 24 heavy (non-hydrogen) atoms. The highest BCUT2D eigenvalue weighted by Crippen LogP contribution is 2.38. The highest BCUT2D eigenvalue weighted by molar-refractivity contribution is 5.93. The molecule has 1 aliphatic rings. The fourth-order valence-corrected chi connectivity index (χ4v) is 2.85. The maximum Gasteiger partial charge on any atom is 0.270 e. The van der Waals surface area contributed by atoms with Crippen LogP contribution in [0.2, 0.25) is 0 Å². The Morgan fingerprint density at radius 3 is 2.79 bits per heavy atom. The largest absolute Gasteiger partial charge is 0.334 e. The number of benzene rings is 1. The Morgan fingerprint density at radius 2 is 2.12 bits per heavy atom. The molecule has 0 bridgehead atoms. The quantitative estimate of drug-likeness (QED) is 0.552. The van der Waals surface area contributed by atoms with E-state index in [1.54, 1.807) is 0 Å². The maximum absolute atomic E-state index is 11.9. The Morgan fingerprint density at radius 1 is 1.33 bits per heavy atom. The number of nitro benzene ring substituents is 1. The van der Waals surface area contributed by atoms with E-state index in [-0.39, 0.29) is 17.1 Å². The summed E-state index contributed by atoms with van der Waals surface area (Å²) in [6.07, 6.45) is 2.54. The summed E-state index contributed by atoms with van der Waals surface area (Å²) in [6.45, 7) is 0. The van der Waals surface area contributed by atoms with E-state index in [9.17, 15) is 14.9 Å². The van der Waals surface area contributed by atoms with Gasteiger partial charge in [-0.15, -0.1) is 0 Å². The van der Waals surface area contributed by atoms with Crippen molar-refractivity contribution >= 4 is 16.6 Å². The molecule has 0 radical (unpaired) electrons. The molecule has 0 amide bonds. The number of nitrogens with one attached hydrogen (secondary N) is 1. The summed E-state index contributed by atoms with van der Waals surface area (Å²) < 4.78 is 5.27. The van der Waals surface area contributed by atoms with Crippen LogP contribution in [0.5, 0.6) is 0 Å². The van der Waals surface area contributed by atoms with Gasteiger partial charge in [-0.2, -0.15) is 4.98 Å². The van der Waals surface area contributed by atoms with Gasteiger partial charge in [0.15, 0.2) is 5.82 Å². The molecule has 0 saturated heterocycles. The van der Waals surface area contributed by atoms with E-state index >= 15 is 0 Å². The van der Waals surface area contributed by atoms with Gasteiger partial charge in [-0.25, -0.2) is 0 Å². The number of nitro groups is 1. The van der Waals surface area contributed by atoms with E-state index < -0.39 is 10.5 Å². The third kappa shape index (κ3) is 2.17. The summed E-state index contributed by atoms with van der Waals surface area (Å²) >= 11 is 0. The number of hydrogen-bond acceptors (Lipinski definition) is 7. The lowest BCUT2D eigenvalue weighted by Gasteiger charge is -2.34. The van der Waals surface area contributed by atoms with E-state index in [2.05, 4.69) is 15.1 Å². The Bertz CT molecular complexity index is 1020. The smallest absolute Gasteiger partial charge is 0.270 e. The SMILES string of the molecule is NC1(c2noc(-c3cc(=O)[nH]c4ccc([N+](=O)[O-])cc34)n2)CCC1. The van der Waals surface area contributed by atoms with Gasteiger partial charge >= 0.3 is 0 Å². The van der Waals surface area contributed by atoms with Gasteiger partial charge in [0.2, 0.25) is 5.56 Å². The molecule has 9 heteroatoms. The summed E-state index contributed by atoms with van der Waals surface area (Å²) in [7, 11) is 0. The molecule has 0 atom stereocenters. The second kappa shape index (κ2) is 4.96. The second-order valence-corrected chi connectivity index (χ2v) is 5.97. The van der Waals surface area contributed by atoms with Crippen molar-refractivity contribution in [1.29, 1.82) is 0 Å². The number of rotatable bonds is 3. The first kappa shape index (κ1) is 14.5. The lowest BCUT2D eigenvalue weighted by atomic mass is 9.77. The molecule has 1 saturated carbocycles. The minimum atomic E-state index is -0.593. The fourth-order valence-electron chi connectivity index (χ4n) is 2.85. The Hall–Kier alpha value is -3.07. The van der Waals surface area contributed by atoms with Crippen LogP contribution in [0.15, 0.2) is 33.6 Å². The molecule has 0 unspecified atom stereocenters. The molecular formula is C15H13N5O4. The molecule has 9 nitrogen and oxygen atoms in total. The maximum atomic E-state index is 11.9. The van der Waals surface area contributed by atoms with Crippen molar-refractivity contribution in [3.8, 4) is 11.5 Å². The van der Waals surface area contributed by atoms with Crippen LogP contribution in [0, 0.1) is 10.1 Å². The summed E-state index contributed by atoms with van der Waals surface area (Å²) in [5.74, 6) is 0.515. The number of pyridine rings is 1. The van der Waals surface area contributed by atoms with Crippen LogP contribution in [-0.4, -0.2) is 20.0 Å². The molecule has 3 aromatic rings. The third-order valence-electron chi connectivity index (χ3n) is 4.38. The monoisotopic (exact) mass is 327 g/mol. The van der Waals surface area contributed by atoms with Crippen molar-refractivity contribution < 1.29 is 9.45 Å². The standard InChI is InChI=1S/C15H13N5O4/c16-15(4-1-5-15)14-18-13(24-19-14)10-7-12(21)17-11-3-2-8(20(22)23)6-9(10)11/h2-3,6-7H,1,4-5,16H2,(H,17,21). The Balaban J connectivity index is 1.90. The average molecular weight is 327 g/mol. The van der Waals surface area contributed by atoms with E-state index in [4.69, 9.17) is 10.3 Å². The number of non-ortho nitro benzene ring substituents is 1. The topological polar surface area (TPSA) is 141 Å². The van der Waals surface area contributed by atoms with Crippen molar-refractivity contribution in [3.05, 3.63) is 50.6 Å². The zero-order chi connectivity index (χ0) is 16.9. The third-order valence-corrected chi connectivity index (χ3v) is 4.38. The molecule has 0 aliphatic heterocycles. The summed E-state index contributed by atoms with van der Waals surface area (Å²) in [5, 5.41) is 15.4. The van der Waals surface area contributed by atoms with Crippen LogP contribution in [0.25, 0.3) is 22.4 Å². The number of aromatic amines is 1. The summed E-state index contributed by atoms with van der Waals surface area (Å²) in [5.41, 5.74) is 5.93. The highest BCUT2D eigenvalue weighted by atomic mass is 16.6. The van der Waals surface area contributed by atoms with Gasteiger partial charge in [0.25, 0.3) is 11.6 Å². The first-order valence-corrected chi connectivity index (χ1v) is 7.41. The van der Waals surface area contributed by atoms with Crippen molar-refractivity contribution in [3.63, 3.8) is 0 Å². The van der Waals surface area contributed by atoms with Crippen LogP contribution in [0.1, 0.15) is 25.1 Å². The van der Waals surface area contributed by atoms with Gasteiger partial charge in [-0.1, -0.05) is 5.16 Å². The lowest BCUT2D eigenvalue weighted by molar-refractivity contribution is -0.384. The molecule has 3 N–H and O–H groups in total. The lowest BCUT2D eigenvalue weighted by Crippen LogP contribution is -2.44. The van der Waals surface area contributed by atoms with Crippen molar-refractivity contribution in [2.75, 3.05) is 0 Å². The number of fused-ring (bicyclic) bond motifs is 1. The van der Waals surface area contributed by atoms with E-state index in [0.29, 0.717) is 22.3 Å². The summed E-state index contributed by atoms with van der Waals surface area (Å²) in [4.78, 5) is 29.3. The number of aromatic nitrogens is 3. The molecule has 1 aromatic carbocycles. The van der Waals surface area contributed by atoms with Gasteiger partial charge in [0, 0.05) is 29.1 Å². The van der Waals surface area contributed by atoms with Gasteiger partial charge in [0.1, 0.15) is 0 Å². The zero-order valence-electron chi connectivity index (χ0n) is 12.5. The van der Waals surface area contributed by atoms with Gasteiger partial charge < -0.3 is 15.2 Å². The highest BCUT2D eigenvalue weighted by Gasteiger charge is 2.39. The number of hydrogen-bond donors (Lipinski definition) is 2. The average Bonchev–Trinajstić information content (AvgIpc) is 3.01. The minimum absolute atomic E-state index is 0.0928. The Labute approximate surface area is 134 Å². The molecule has 122 valence electrons. The zero-order valence-corrected chi connectivity index (χ0v) is 12.5. The van der Waals surface area contributed by atoms with Crippen molar-refractivity contribution in [2.24, 2.45) is 5.73 Å². The van der Waals surface area contributed by atoms with Crippen LogP contribution >= 0.6 is 0 Å². The number of nitrogens with two attached hydrogens (primary N) is 1. The molecule has 2 aromatic heterocycles. The second-order valence-electron chi connectivity index (χ2n) is 5.97. The predicted octanol–water partition coefficient (Wildman–Crippen LogP) is 1.82. The molecule has 2 heterocycles. The van der Waals surface area contributed by atoms with Gasteiger partial charge in [-0.05, 0) is 25.3 Å². The van der Waals surface area contributed by atoms with Gasteiger partial charge in [0.05, 0.1) is 16.0 Å². The van der Waals surface area contributed by atoms with Crippen molar-refractivity contribution in [1.82, 2.24) is 15.1 Å². The molecule has 1 fully saturated rings. The first-order valence-electron chi connectivity index (χ1n) is 7.41. The molecular weight excluding hydrogens is 314 g/mol. The van der Waals surface area contributed by atoms with Crippen LogP contribution < -0.4 is 11.3 Å². The van der Waals surface area contributed by atoms with Crippen LogP contribution in [-0.2, 0) is 5.54 Å². The molecule has 1 aliphatic carbocycles. The molecule has 4 rings (SSSR count). The normalized spacial score (nSPS) is 16.0. The van der Waals surface area contributed by atoms with Gasteiger partial charge in [-0.3, -0.25) is 14.9 Å². The molecule has 0 spiro atoms. The Kier molecular flexibility index (Phi) is 3.00. The van der Waals surface area contributed by atoms with E-state index in [1.165, 1.54) is 24.3 Å².